The lowest BCUT2D eigenvalue weighted by Gasteiger charge is -2.14. The van der Waals surface area contributed by atoms with Crippen molar-refractivity contribution in [1.82, 2.24) is 4.98 Å². The summed E-state index contributed by atoms with van der Waals surface area (Å²) in [6.07, 6.45) is 1.82. The summed E-state index contributed by atoms with van der Waals surface area (Å²) in [5, 5.41) is 10.2. The number of hydrogen-bond donors (Lipinski definition) is 1. The maximum absolute atomic E-state index is 10.2. The van der Waals surface area contributed by atoms with Crippen LogP contribution in [0.5, 0.6) is 5.75 Å². The number of thiazole rings is 1. The van der Waals surface area contributed by atoms with Crippen LogP contribution in [0.15, 0.2) is 36.0 Å². The molecule has 1 aromatic heterocycles. The number of aromatic nitrogens is 1. The van der Waals surface area contributed by atoms with Gasteiger partial charge in [-0.25, -0.2) is 0 Å². The lowest BCUT2D eigenvalue weighted by atomic mass is 10.1. The summed E-state index contributed by atoms with van der Waals surface area (Å²) in [5.41, 5.74) is 2.61. The van der Waals surface area contributed by atoms with Crippen LogP contribution in [0.2, 0.25) is 0 Å². The average molecular weight is 249 g/mol. The van der Waals surface area contributed by atoms with Crippen molar-refractivity contribution in [3.8, 4) is 5.75 Å². The molecule has 0 aliphatic carbocycles. The highest BCUT2D eigenvalue weighted by Gasteiger charge is 2.14. The molecule has 0 saturated carbocycles. The minimum Gasteiger partial charge on any atom is -0.493 e. The van der Waals surface area contributed by atoms with Gasteiger partial charge in [0.05, 0.1) is 18.2 Å². The summed E-state index contributed by atoms with van der Waals surface area (Å²) in [4.78, 5) is 5.08. The Labute approximate surface area is 105 Å². The molecule has 1 atom stereocenters. The molecule has 1 aromatic carbocycles. The molecule has 3 nitrogen and oxygen atoms in total. The van der Waals surface area contributed by atoms with Gasteiger partial charge >= 0.3 is 0 Å². The zero-order valence-corrected chi connectivity index (χ0v) is 10.5. The van der Waals surface area contributed by atoms with Crippen LogP contribution < -0.4 is 4.74 Å². The molecular weight excluding hydrogens is 234 g/mol. The molecule has 1 heterocycles. The van der Waals surface area contributed by atoms with Crippen LogP contribution in [0.1, 0.15) is 23.5 Å². The topological polar surface area (TPSA) is 42.4 Å². The van der Waals surface area contributed by atoms with E-state index in [0.717, 1.165) is 16.2 Å². The number of ether oxygens (including phenoxy) is 1. The van der Waals surface area contributed by atoms with Crippen molar-refractivity contribution >= 4 is 11.3 Å². The Balaban J connectivity index is 2.15. The van der Waals surface area contributed by atoms with Gasteiger partial charge in [-0.2, -0.15) is 0 Å². The molecular formula is C13H15NO2S. The smallest absolute Gasteiger partial charge is 0.125 e. The second-order valence-electron chi connectivity index (χ2n) is 3.66. The number of para-hydroxylation sites is 1. The molecule has 0 amide bonds. The first-order valence-corrected chi connectivity index (χ1v) is 6.46. The van der Waals surface area contributed by atoms with Gasteiger partial charge < -0.3 is 9.84 Å². The van der Waals surface area contributed by atoms with E-state index in [1.54, 1.807) is 23.0 Å². The van der Waals surface area contributed by atoms with E-state index in [1.807, 2.05) is 31.2 Å². The molecule has 0 fully saturated rings. The Bertz CT molecular complexity index is 456. The van der Waals surface area contributed by atoms with Crippen LogP contribution in [-0.2, 0) is 6.42 Å². The van der Waals surface area contributed by atoms with Crippen LogP contribution in [0.25, 0.3) is 0 Å². The van der Waals surface area contributed by atoms with E-state index < -0.39 is 6.10 Å². The first-order chi connectivity index (χ1) is 8.31. The fourth-order valence-electron chi connectivity index (χ4n) is 1.69. The van der Waals surface area contributed by atoms with Crippen molar-refractivity contribution in [2.45, 2.75) is 19.4 Å². The SMILES string of the molecule is CCOc1ccccc1C(O)Cc1cncs1. The number of rotatable bonds is 5. The van der Waals surface area contributed by atoms with Gasteiger partial charge in [0.1, 0.15) is 5.75 Å². The predicted octanol–water partition coefficient (Wildman–Crippen LogP) is 2.82. The molecule has 90 valence electrons. The molecule has 0 spiro atoms. The van der Waals surface area contributed by atoms with Crippen molar-refractivity contribution < 1.29 is 9.84 Å². The summed E-state index contributed by atoms with van der Waals surface area (Å²) in [6.45, 7) is 2.54. The number of nitrogens with zero attached hydrogens (tertiary/aromatic N) is 1. The van der Waals surface area contributed by atoms with Crippen molar-refractivity contribution in [1.29, 1.82) is 0 Å². The van der Waals surface area contributed by atoms with E-state index in [2.05, 4.69) is 4.98 Å². The molecule has 2 aromatic rings. The van der Waals surface area contributed by atoms with Crippen molar-refractivity contribution in [3.63, 3.8) is 0 Å². The van der Waals surface area contributed by atoms with Gasteiger partial charge in [0.15, 0.2) is 0 Å². The van der Waals surface area contributed by atoms with E-state index in [-0.39, 0.29) is 0 Å². The Kier molecular flexibility index (Phi) is 4.12. The third kappa shape index (κ3) is 3.05. The minimum absolute atomic E-state index is 0.543. The van der Waals surface area contributed by atoms with E-state index in [4.69, 9.17) is 4.74 Å². The average Bonchev–Trinajstić information content (AvgIpc) is 2.83. The molecule has 0 aliphatic rings. The van der Waals surface area contributed by atoms with Crippen molar-refractivity contribution in [2.24, 2.45) is 0 Å². The van der Waals surface area contributed by atoms with Gasteiger partial charge in [-0.1, -0.05) is 18.2 Å². The van der Waals surface area contributed by atoms with Gasteiger partial charge in [0.2, 0.25) is 0 Å². The van der Waals surface area contributed by atoms with Gasteiger partial charge in [-0.15, -0.1) is 11.3 Å². The zero-order chi connectivity index (χ0) is 12.1. The normalized spacial score (nSPS) is 12.4. The lowest BCUT2D eigenvalue weighted by molar-refractivity contribution is 0.173. The highest BCUT2D eigenvalue weighted by atomic mass is 32.1. The van der Waals surface area contributed by atoms with Crippen molar-refractivity contribution in [3.05, 3.63) is 46.4 Å². The molecule has 0 aliphatic heterocycles. The lowest BCUT2D eigenvalue weighted by Crippen LogP contribution is -2.04. The summed E-state index contributed by atoms with van der Waals surface area (Å²) < 4.78 is 5.51. The first kappa shape index (κ1) is 12.1. The zero-order valence-electron chi connectivity index (χ0n) is 9.67. The maximum Gasteiger partial charge on any atom is 0.125 e. The Morgan fingerprint density at radius 1 is 1.41 bits per heavy atom. The second kappa shape index (κ2) is 5.80. The highest BCUT2D eigenvalue weighted by Crippen LogP contribution is 2.28. The summed E-state index contributed by atoms with van der Waals surface area (Å²) >= 11 is 1.55. The van der Waals surface area contributed by atoms with Gasteiger partial charge in [-0.05, 0) is 13.0 Å². The Morgan fingerprint density at radius 2 is 2.24 bits per heavy atom. The molecule has 17 heavy (non-hydrogen) atoms. The Hall–Kier alpha value is -1.39. The fraction of sp³-hybridized carbons (Fsp3) is 0.308. The molecule has 4 heteroatoms. The summed E-state index contributed by atoms with van der Waals surface area (Å²) in [5.74, 6) is 0.756. The number of aliphatic hydroxyl groups excluding tert-OH is 1. The molecule has 2 rings (SSSR count). The minimum atomic E-state index is -0.543. The van der Waals surface area contributed by atoms with Crippen LogP contribution in [0.3, 0.4) is 0 Å². The first-order valence-electron chi connectivity index (χ1n) is 5.58. The molecule has 1 N–H and O–H groups in total. The summed E-state index contributed by atoms with van der Waals surface area (Å²) in [7, 11) is 0. The predicted molar refractivity (Wildman–Crippen MR) is 68.4 cm³/mol. The monoisotopic (exact) mass is 249 g/mol. The molecule has 0 bridgehead atoms. The Morgan fingerprint density at radius 3 is 2.94 bits per heavy atom. The molecule has 1 unspecified atom stereocenters. The maximum atomic E-state index is 10.2. The van der Waals surface area contributed by atoms with Crippen molar-refractivity contribution in [2.75, 3.05) is 6.61 Å². The summed E-state index contributed by atoms with van der Waals surface area (Å²) in [6, 6.07) is 7.60. The van der Waals surface area contributed by atoms with E-state index in [1.165, 1.54) is 0 Å². The van der Waals surface area contributed by atoms with Crippen LogP contribution in [0, 0.1) is 0 Å². The number of aliphatic hydroxyl groups is 1. The van der Waals surface area contributed by atoms with E-state index >= 15 is 0 Å². The van der Waals surface area contributed by atoms with E-state index in [0.29, 0.717) is 13.0 Å². The highest BCUT2D eigenvalue weighted by molar-refractivity contribution is 7.09. The standard InChI is InChI=1S/C13H15NO2S/c1-2-16-13-6-4-3-5-11(13)12(15)7-10-8-14-9-17-10/h3-6,8-9,12,15H,2,7H2,1H3. The van der Waals surface area contributed by atoms with Crippen LogP contribution in [-0.4, -0.2) is 16.7 Å². The number of benzene rings is 1. The fourth-order valence-corrected chi connectivity index (χ4v) is 2.32. The van der Waals surface area contributed by atoms with Gasteiger partial charge in [-0.3, -0.25) is 4.98 Å². The third-order valence-corrected chi connectivity index (χ3v) is 3.26. The largest absolute Gasteiger partial charge is 0.493 e. The third-order valence-electron chi connectivity index (χ3n) is 2.46. The number of hydrogen-bond acceptors (Lipinski definition) is 4. The quantitative estimate of drug-likeness (QED) is 0.886. The van der Waals surface area contributed by atoms with E-state index in [9.17, 15) is 5.11 Å². The van der Waals surface area contributed by atoms with Crippen LogP contribution in [0.4, 0.5) is 0 Å². The van der Waals surface area contributed by atoms with Gasteiger partial charge in [0, 0.05) is 23.1 Å². The second-order valence-corrected chi connectivity index (χ2v) is 4.63. The van der Waals surface area contributed by atoms with Crippen LogP contribution >= 0.6 is 11.3 Å². The molecule has 0 saturated heterocycles. The van der Waals surface area contributed by atoms with Gasteiger partial charge in [0.25, 0.3) is 0 Å². The molecule has 0 radical (unpaired) electrons.